The number of hydrogen-bond donors (Lipinski definition) is 2. The van der Waals surface area contributed by atoms with E-state index < -0.39 is 10.8 Å². The summed E-state index contributed by atoms with van der Waals surface area (Å²) in [5.74, 6) is -0.899. The van der Waals surface area contributed by atoms with Crippen molar-refractivity contribution in [1.82, 2.24) is 10.6 Å². The molecule has 0 aliphatic rings. The highest BCUT2D eigenvalue weighted by atomic mass is 79.9. The predicted octanol–water partition coefficient (Wildman–Crippen LogP) is 2.96. The molecule has 2 N–H and O–H groups in total. The highest BCUT2D eigenvalue weighted by Crippen LogP contribution is 2.16. The Bertz CT molecular complexity index is 793. The number of carbonyl (C=O) groups excluding carboxylic acids is 2. The van der Waals surface area contributed by atoms with Crippen LogP contribution in [-0.2, 0) is 4.79 Å². The highest BCUT2D eigenvalue weighted by Gasteiger charge is 2.14. The lowest BCUT2D eigenvalue weighted by Gasteiger charge is -2.14. The van der Waals surface area contributed by atoms with E-state index in [1.165, 1.54) is 18.2 Å². The van der Waals surface area contributed by atoms with Gasteiger partial charge in [-0.15, -0.1) is 0 Å². The van der Waals surface area contributed by atoms with Crippen LogP contribution in [0.25, 0.3) is 0 Å². The molecular weight excluding hydrogens is 390 g/mol. The Hall–Kier alpha value is -2.74. The monoisotopic (exact) mass is 405 g/mol. The van der Waals surface area contributed by atoms with Crippen LogP contribution in [0.2, 0.25) is 0 Å². The van der Waals surface area contributed by atoms with Crippen LogP contribution in [0.3, 0.4) is 0 Å². The Labute approximate surface area is 152 Å². The molecule has 0 aromatic heterocycles. The summed E-state index contributed by atoms with van der Waals surface area (Å²) in [6.07, 6.45) is 0. The van der Waals surface area contributed by atoms with Crippen LogP contribution in [0, 0.1) is 10.1 Å². The van der Waals surface area contributed by atoms with E-state index in [1.807, 2.05) is 31.2 Å². The van der Waals surface area contributed by atoms with Crippen LogP contribution >= 0.6 is 15.9 Å². The highest BCUT2D eigenvalue weighted by molar-refractivity contribution is 9.10. The number of nitrogens with one attached hydrogen (secondary N) is 2. The third-order valence-electron chi connectivity index (χ3n) is 3.48. The van der Waals surface area contributed by atoms with Gasteiger partial charge in [-0.3, -0.25) is 19.7 Å². The van der Waals surface area contributed by atoms with Crippen LogP contribution in [0.15, 0.2) is 53.0 Å². The molecule has 0 saturated carbocycles. The minimum absolute atomic E-state index is 0.128. The van der Waals surface area contributed by atoms with Crippen LogP contribution in [0.1, 0.15) is 28.9 Å². The average molecular weight is 406 g/mol. The summed E-state index contributed by atoms with van der Waals surface area (Å²) in [7, 11) is 0. The first kappa shape index (κ1) is 18.6. The molecule has 0 aliphatic heterocycles. The minimum atomic E-state index is -0.580. The fourth-order valence-corrected chi connectivity index (χ4v) is 2.41. The molecule has 0 spiro atoms. The van der Waals surface area contributed by atoms with Gasteiger partial charge in [0.05, 0.1) is 17.5 Å². The van der Waals surface area contributed by atoms with Gasteiger partial charge in [0.1, 0.15) is 0 Å². The zero-order valence-electron chi connectivity index (χ0n) is 13.4. The van der Waals surface area contributed by atoms with Gasteiger partial charge >= 0.3 is 0 Å². The summed E-state index contributed by atoms with van der Waals surface area (Å²) in [4.78, 5) is 34.1. The van der Waals surface area contributed by atoms with Crippen molar-refractivity contribution in [2.45, 2.75) is 13.0 Å². The number of rotatable bonds is 6. The van der Waals surface area contributed by atoms with Crippen molar-refractivity contribution in [3.05, 3.63) is 74.2 Å². The van der Waals surface area contributed by atoms with Gasteiger partial charge in [-0.25, -0.2) is 0 Å². The molecule has 2 amide bonds. The molecule has 1 atom stereocenters. The summed E-state index contributed by atoms with van der Waals surface area (Å²) in [6, 6.07) is 12.6. The smallest absolute Gasteiger partial charge is 0.270 e. The molecule has 2 rings (SSSR count). The van der Waals surface area contributed by atoms with Crippen molar-refractivity contribution in [2.75, 3.05) is 6.54 Å². The Kier molecular flexibility index (Phi) is 6.24. The maximum Gasteiger partial charge on any atom is 0.270 e. The number of nitro benzene ring substituents is 1. The van der Waals surface area contributed by atoms with Crippen molar-refractivity contribution >= 4 is 33.4 Å². The number of hydrogen-bond acceptors (Lipinski definition) is 4. The first-order valence-electron chi connectivity index (χ1n) is 7.44. The Balaban J connectivity index is 1.89. The molecule has 8 heteroatoms. The molecule has 0 bridgehead atoms. The van der Waals surface area contributed by atoms with Crippen molar-refractivity contribution in [1.29, 1.82) is 0 Å². The third-order valence-corrected chi connectivity index (χ3v) is 4.00. The largest absolute Gasteiger partial charge is 0.348 e. The summed E-state index contributed by atoms with van der Waals surface area (Å²) >= 11 is 3.35. The lowest BCUT2D eigenvalue weighted by atomic mass is 10.1. The Morgan fingerprint density at radius 3 is 2.52 bits per heavy atom. The van der Waals surface area contributed by atoms with E-state index in [-0.39, 0.29) is 29.7 Å². The van der Waals surface area contributed by atoms with E-state index in [1.54, 1.807) is 0 Å². The topological polar surface area (TPSA) is 101 Å². The maximum absolute atomic E-state index is 12.0. The van der Waals surface area contributed by atoms with Crippen molar-refractivity contribution in [3.8, 4) is 0 Å². The molecule has 2 aromatic carbocycles. The molecule has 0 radical (unpaired) electrons. The minimum Gasteiger partial charge on any atom is -0.348 e. The van der Waals surface area contributed by atoms with Crippen LogP contribution < -0.4 is 10.6 Å². The molecule has 0 unspecified atom stereocenters. The van der Waals surface area contributed by atoms with Gasteiger partial charge in [0.2, 0.25) is 5.91 Å². The molecule has 2 aromatic rings. The molecule has 130 valence electrons. The predicted molar refractivity (Wildman–Crippen MR) is 96.1 cm³/mol. The van der Waals surface area contributed by atoms with E-state index in [0.29, 0.717) is 0 Å². The van der Waals surface area contributed by atoms with Crippen molar-refractivity contribution in [2.24, 2.45) is 0 Å². The van der Waals surface area contributed by atoms with Crippen LogP contribution in [0.4, 0.5) is 5.69 Å². The van der Waals surface area contributed by atoms with Gasteiger partial charge in [-0.2, -0.15) is 0 Å². The summed E-state index contributed by atoms with van der Waals surface area (Å²) in [6.45, 7) is 1.62. The number of nitrogens with zero attached hydrogens (tertiary/aromatic N) is 1. The average Bonchev–Trinajstić information content (AvgIpc) is 2.60. The molecule has 0 aliphatic carbocycles. The number of non-ortho nitro benzene ring substituents is 1. The van der Waals surface area contributed by atoms with Crippen LogP contribution in [0.5, 0.6) is 0 Å². The van der Waals surface area contributed by atoms with Gasteiger partial charge < -0.3 is 10.6 Å². The van der Waals surface area contributed by atoms with E-state index in [0.717, 1.165) is 16.1 Å². The summed E-state index contributed by atoms with van der Waals surface area (Å²) in [5, 5.41) is 16.0. The lowest BCUT2D eigenvalue weighted by Crippen LogP contribution is -2.38. The number of amides is 2. The zero-order valence-corrected chi connectivity index (χ0v) is 14.9. The van der Waals surface area contributed by atoms with Crippen LogP contribution in [-0.4, -0.2) is 23.3 Å². The molecule has 0 heterocycles. The Morgan fingerprint density at radius 2 is 1.88 bits per heavy atom. The van der Waals surface area contributed by atoms with E-state index >= 15 is 0 Å². The van der Waals surface area contributed by atoms with Gasteiger partial charge in [-0.1, -0.05) is 34.1 Å². The maximum atomic E-state index is 12.0. The van der Waals surface area contributed by atoms with Gasteiger partial charge in [0.15, 0.2) is 0 Å². The second-order valence-corrected chi connectivity index (χ2v) is 6.25. The third kappa shape index (κ3) is 5.39. The summed E-state index contributed by atoms with van der Waals surface area (Å²) in [5.41, 5.74) is 0.880. The lowest BCUT2D eigenvalue weighted by molar-refractivity contribution is -0.384. The van der Waals surface area contributed by atoms with E-state index in [4.69, 9.17) is 0 Å². The quantitative estimate of drug-likeness (QED) is 0.569. The number of benzene rings is 2. The number of halogens is 1. The fourth-order valence-electron chi connectivity index (χ4n) is 2.15. The first-order valence-corrected chi connectivity index (χ1v) is 8.23. The molecule has 0 fully saturated rings. The standard InChI is InChI=1S/C17H16BrN3O4/c1-11(12-5-7-14(18)8-6-12)20-16(22)10-19-17(23)13-3-2-4-15(9-13)21(24)25/h2-9,11H,10H2,1H3,(H,19,23)(H,20,22)/t11-/m0/s1. The first-order chi connectivity index (χ1) is 11.9. The van der Waals surface area contributed by atoms with E-state index in [9.17, 15) is 19.7 Å². The molecular formula is C17H16BrN3O4. The summed E-state index contributed by atoms with van der Waals surface area (Å²) < 4.78 is 0.944. The van der Waals surface area contributed by atoms with Gasteiger partial charge in [0, 0.05) is 22.2 Å². The van der Waals surface area contributed by atoms with Gasteiger partial charge in [0.25, 0.3) is 11.6 Å². The zero-order chi connectivity index (χ0) is 18.4. The second kappa shape index (κ2) is 8.39. The number of nitro groups is 1. The SMILES string of the molecule is C[C@H](NC(=O)CNC(=O)c1cccc([N+](=O)[O-])c1)c1ccc(Br)cc1. The fraction of sp³-hybridized carbons (Fsp3) is 0.176. The molecule has 25 heavy (non-hydrogen) atoms. The van der Waals surface area contributed by atoms with Crippen molar-refractivity contribution < 1.29 is 14.5 Å². The molecule has 0 saturated heterocycles. The van der Waals surface area contributed by atoms with Gasteiger partial charge in [-0.05, 0) is 30.7 Å². The normalized spacial score (nSPS) is 11.4. The second-order valence-electron chi connectivity index (χ2n) is 5.33. The number of carbonyl (C=O) groups is 2. The molecule has 7 nitrogen and oxygen atoms in total. The Morgan fingerprint density at radius 1 is 1.20 bits per heavy atom. The van der Waals surface area contributed by atoms with E-state index in [2.05, 4.69) is 26.6 Å². The van der Waals surface area contributed by atoms with Crippen molar-refractivity contribution in [3.63, 3.8) is 0 Å².